The Kier molecular flexibility index (Phi) is 9.21. The van der Waals surface area contributed by atoms with Gasteiger partial charge in [-0.3, -0.25) is 4.98 Å². The molecule has 0 amide bonds. The third-order valence-corrected chi connectivity index (χ3v) is 7.82. The van der Waals surface area contributed by atoms with Crippen LogP contribution in [0.4, 0.5) is 20.3 Å². The lowest BCUT2D eigenvalue weighted by atomic mass is 9.82. The van der Waals surface area contributed by atoms with Gasteiger partial charge in [0.15, 0.2) is 6.10 Å². The first kappa shape index (κ1) is 31.3. The molecule has 1 aliphatic heterocycles. The molecule has 2 aromatic heterocycles. The van der Waals surface area contributed by atoms with E-state index in [4.69, 9.17) is 10.5 Å². The molecule has 0 saturated carbocycles. The van der Waals surface area contributed by atoms with E-state index in [1.807, 2.05) is 0 Å². The van der Waals surface area contributed by atoms with E-state index in [9.17, 15) is 14.3 Å². The first-order valence-corrected chi connectivity index (χ1v) is 14.5. The van der Waals surface area contributed by atoms with E-state index in [2.05, 4.69) is 28.7 Å². The van der Waals surface area contributed by atoms with Gasteiger partial charge in [0, 0.05) is 41.7 Å². The van der Waals surface area contributed by atoms with E-state index in [0.29, 0.717) is 66.1 Å². The number of halogens is 2. The lowest BCUT2D eigenvalue weighted by Crippen LogP contribution is -2.39. The van der Waals surface area contributed by atoms with Crippen LogP contribution in [0.3, 0.4) is 0 Å². The number of hydrogen-bond donors (Lipinski definition) is 2. The zero-order valence-electron chi connectivity index (χ0n) is 25.4. The summed E-state index contributed by atoms with van der Waals surface area (Å²) < 4.78 is 34.8. The summed E-state index contributed by atoms with van der Waals surface area (Å²) in [6.45, 7) is 12.9. The number of aromatic nitrogens is 2. The van der Waals surface area contributed by atoms with Crippen molar-refractivity contribution in [1.29, 1.82) is 0 Å². The molecule has 226 valence electrons. The molecule has 0 spiro atoms. The monoisotopic (exact) mass is 580 g/mol. The van der Waals surface area contributed by atoms with Crippen molar-refractivity contribution in [2.45, 2.75) is 85.4 Å². The molecule has 1 aliphatic rings. The number of carboxylic acid groups (broad SMARTS) is 1. The van der Waals surface area contributed by atoms with Gasteiger partial charge in [0.05, 0.1) is 17.0 Å². The molecule has 7 nitrogen and oxygen atoms in total. The lowest BCUT2D eigenvalue weighted by Gasteiger charge is -2.41. The second-order valence-electron chi connectivity index (χ2n) is 13.0. The van der Waals surface area contributed by atoms with Crippen molar-refractivity contribution in [3.63, 3.8) is 0 Å². The summed E-state index contributed by atoms with van der Waals surface area (Å²) in [4.78, 5) is 23.8. The molecule has 3 heterocycles. The second kappa shape index (κ2) is 12.3. The molecular formula is C33H42F2N4O3. The summed E-state index contributed by atoms with van der Waals surface area (Å²) in [5.41, 5.74) is 9.59. The summed E-state index contributed by atoms with van der Waals surface area (Å²) >= 11 is 0. The lowest BCUT2D eigenvalue weighted by molar-refractivity contribution is -0.160. The number of rotatable bonds is 9. The second-order valence-corrected chi connectivity index (χ2v) is 13.0. The Morgan fingerprint density at radius 3 is 2.36 bits per heavy atom. The summed E-state index contributed by atoms with van der Waals surface area (Å²) in [6, 6.07) is 7.69. The number of anilines is 2. The molecule has 1 aromatic carbocycles. The number of nitrogens with zero attached hydrogens (tertiary/aromatic N) is 3. The molecule has 1 atom stereocenters. The molecule has 3 N–H and O–H groups in total. The van der Waals surface area contributed by atoms with Gasteiger partial charge in [0.2, 0.25) is 0 Å². The average Bonchev–Trinajstić information content (AvgIpc) is 2.89. The third kappa shape index (κ3) is 7.43. The highest BCUT2D eigenvalue weighted by molar-refractivity contribution is 5.91. The summed E-state index contributed by atoms with van der Waals surface area (Å²) in [5.74, 6) is -1.71. The first-order chi connectivity index (χ1) is 19.6. The maximum absolute atomic E-state index is 15.5. The zero-order valence-corrected chi connectivity index (χ0v) is 25.4. The molecule has 1 saturated heterocycles. The van der Waals surface area contributed by atoms with E-state index in [0.717, 1.165) is 18.4 Å². The van der Waals surface area contributed by atoms with E-state index >= 15 is 4.39 Å². The van der Waals surface area contributed by atoms with Gasteiger partial charge < -0.3 is 20.5 Å². The predicted octanol–water partition coefficient (Wildman–Crippen LogP) is 7.05. The number of hydrogen-bond acceptors (Lipinski definition) is 6. The molecule has 42 heavy (non-hydrogen) atoms. The number of piperidine rings is 1. The fraction of sp³-hybridized carbons (Fsp3) is 0.485. The molecule has 1 fully saturated rings. The third-order valence-electron chi connectivity index (χ3n) is 7.82. The standard InChI is InChI=1S/C33H42F2N4O3/c1-20-26(29(31(40)41)42-32(2,3)4)28(39-16-14-33(5,6)15-17-39)27(30(36)38-20)22-18-24(35)25(37-19-22)9-7-8-21-10-12-23(34)13-11-21/h10-13,18-19,29H,7-9,14-17H2,1-6H3,(H2,36,38)(H,40,41)/t29-/m0/s1. The van der Waals surface area contributed by atoms with Gasteiger partial charge in [-0.2, -0.15) is 0 Å². The van der Waals surface area contributed by atoms with Crippen molar-refractivity contribution in [3.8, 4) is 11.1 Å². The highest BCUT2D eigenvalue weighted by atomic mass is 19.1. The average molecular weight is 581 g/mol. The number of carboxylic acids is 1. The SMILES string of the molecule is Cc1nc(N)c(-c2cnc(CCCc3ccc(F)cc3)c(F)c2)c(N2CCC(C)(C)CC2)c1[C@H](OC(C)(C)C)C(=O)O. The van der Waals surface area contributed by atoms with Gasteiger partial charge >= 0.3 is 5.97 Å². The van der Waals surface area contributed by atoms with E-state index in [-0.39, 0.29) is 17.1 Å². The van der Waals surface area contributed by atoms with Crippen LogP contribution >= 0.6 is 0 Å². The smallest absolute Gasteiger partial charge is 0.337 e. The van der Waals surface area contributed by atoms with Gasteiger partial charge in [-0.25, -0.2) is 18.6 Å². The number of carbonyl (C=O) groups is 1. The van der Waals surface area contributed by atoms with E-state index < -0.39 is 23.5 Å². The number of nitrogens with two attached hydrogens (primary N) is 1. The van der Waals surface area contributed by atoms with Gasteiger partial charge in [-0.05, 0) is 89.0 Å². The molecule has 3 aromatic rings. The summed E-state index contributed by atoms with van der Waals surface area (Å²) in [5, 5.41) is 10.3. The molecular weight excluding hydrogens is 538 g/mol. The Hall–Kier alpha value is -3.59. The van der Waals surface area contributed by atoms with Crippen molar-refractivity contribution in [3.05, 3.63) is 70.7 Å². The van der Waals surface area contributed by atoms with Crippen LogP contribution < -0.4 is 10.6 Å². The Labute approximate surface area is 247 Å². The number of pyridine rings is 2. The molecule has 9 heteroatoms. The topological polar surface area (TPSA) is 102 Å². The van der Waals surface area contributed by atoms with E-state index in [1.165, 1.54) is 18.2 Å². The quantitative estimate of drug-likeness (QED) is 0.280. The number of aryl methyl sites for hydroxylation is 3. The molecule has 0 unspecified atom stereocenters. The minimum atomic E-state index is -1.30. The fourth-order valence-corrected chi connectivity index (χ4v) is 5.47. The van der Waals surface area contributed by atoms with Crippen LogP contribution in [0.15, 0.2) is 36.5 Å². The van der Waals surface area contributed by atoms with Crippen LogP contribution in [0.1, 0.15) is 82.5 Å². The normalized spacial score (nSPS) is 16.0. The van der Waals surface area contributed by atoms with Crippen molar-refractivity contribution >= 4 is 17.5 Å². The number of nitrogen functional groups attached to an aromatic ring is 1. The van der Waals surface area contributed by atoms with Crippen LogP contribution in [0.2, 0.25) is 0 Å². The Morgan fingerprint density at radius 2 is 1.79 bits per heavy atom. The first-order valence-electron chi connectivity index (χ1n) is 14.5. The Morgan fingerprint density at radius 1 is 1.14 bits per heavy atom. The maximum Gasteiger partial charge on any atom is 0.337 e. The zero-order chi connectivity index (χ0) is 30.8. The van der Waals surface area contributed by atoms with Gasteiger partial charge in [0.1, 0.15) is 17.5 Å². The van der Waals surface area contributed by atoms with Crippen molar-refractivity contribution in [2.75, 3.05) is 23.7 Å². The number of benzene rings is 1. The van der Waals surface area contributed by atoms with Crippen molar-refractivity contribution < 1.29 is 23.4 Å². The van der Waals surface area contributed by atoms with E-state index in [1.54, 1.807) is 46.0 Å². The Balaban J connectivity index is 1.76. The van der Waals surface area contributed by atoms with Crippen LogP contribution in [-0.4, -0.2) is 39.7 Å². The molecule has 0 aliphatic carbocycles. The highest BCUT2D eigenvalue weighted by Crippen LogP contribution is 2.45. The molecule has 0 radical (unpaired) electrons. The molecule has 0 bridgehead atoms. The number of aliphatic carboxylic acids is 1. The minimum Gasteiger partial charge on any atom is -0.479 e. The minimum absolute atomic E-state index is 0.141. The largest absolute Gasteiger partial charge is 0.479 e. The maximum atomic E-state index is 15.5. The van der Waals surface area contributed by atoms with Gasteiger partial charge in [0.25, 0.3) is 0 Å². The van der Waals surface area contributed by atoms with Gasteiger partial charge in [-0.1, -0.05) is 26.0 Å². The highest BCUT2D eigenvalue weighted by Gasteiger charge is 2.37. The fourth-order valence-electron chi connectivity index (χ4n) is 5.47. The van der Waals surface area contributed by atoms with Crippen molar-refractivity contribution in [2.24, 2.45) is 5.41 Å². The summed E-state index contributed by atoms with van der Waals surface area (Å²) in [6.07, 6.45) is 3.79. The van der Waals surface area contributed by atoms with Gasteiger partial charge in [-0.15, -0.1) is 0 Å². The van der Waals surface area contributed by atoms with Crippen LogP contribution in [0, 0.1) is 24.0 Å². The predicted molar refractivity (Wildman–Crippen MR) is 161 cm³/mol. The summed E-state index contributed by atoms with van der Waals surface area (Å²) in [7, 11) is 0. The Bertz CT molecular complexity index is 1420. The van der Waals surface area contributed by atoms with Crippen LogP contribution in [-0.2, 0) is 22.4 Å². The number of ether oxygens (including phenoxy) is 1. The van der Waals surface area contributed by atoms with Crippen LogP contribution in [0.5, 0.6) is 0 Å². The molecule has 4 rings (SSSR count). The van der Waals surface area contributed by atoms with Crippen LogP contribution in [0.25, 0.3) is 11.1 Å². The van der Waals surface area contributed by atoms with Crippen molar-refractivity contribution in [1.82, 2.24) is 9.97 Å².